The van der Waals surface area contributed by atoms with Crippen molar-refractivity contribution in [3.63, 3.8) is 0 Å². The van der Waals surface area contributed by atoms with Crippen molar-refractivity contribution in [3.8, 4) is 5.69 Å². The van der Waals surface area contributed by atoms with Crippen molar-refractivity contribution in [1.82, 2.24) is 4.57 Å². The number of nitro benzene ring substituents is 1. The topological polar surface area (TPSA) is 84.0 Å². The zero-order chi connectivity index (χ0) is 24.3. The number of nitrogens with one attached hydrogen (secondary N) is 2. The molecule has 0 saturated heterocycles. The number of fused-ring (bicyclic) bond motifs is 4. The van der Waals surface area contributed by atoms with E-state index in [1.807, 2.05) is 29.0 Å². The predicted octanol–water partition coefficient (Wildman–Crippen LogP) is 7.30. The highest BCUT2D eigenvalue weighted by Gasteiger charge is 2.40. The predicted molar refractivity (Wildman–Crippen MR) is 140 cm³/mol. The molecular weight excluding hydrogens is 436 g/mol. The highest BCUT2D eigenvalue weighted by Crippen LogP contribution is 2.52. The summed E-state index contributed by atoms with van der Waals surface area (Å²) in [5.74, 6) is 0. The van der Waals surface area contributed by atoms with Gasteiger partial charge in [0, 0.05) is 46.6 Å². The van der Waals surface area contributed by atoms with Gasteiger partial charge in [-0.2, -0.15) is 0 Å². The van der Waals surface area contributed by atoms with Gasteiger partial charge in [-0.1, -0.05) is 50.2 Å². The average molecular weight is 463 g/mol. The third-order valence-electron chi connectivity index (χ3n) is 7.18. The molecule has 1 aliphatic heterocycles. The van der Waals surface area contributed by atoms with Gasteiger partial charge in [-0.25, -0.2) is 0 Å². The van der Waals surface area contributed by atoms with Gasteiger partial charge in [0.1, 0.15) is 0 Å². The highest BCUT2D eigenvalue weighted by atomic mass is 16.6. The van der Waals surface area contributed by atoms with Crippen LogP contribution >= 0.6 is 0 Å². The number of nitrogens with zero attached hydrogens (tertiary/aromatic N) is 2. The van der Waals surface area contributed by atoms with Gasteiger partial charge in [0.05, 0.1) is 16.7 Å². The van der Waals surface area contributed by atoms with Crippen LogP contribution in [0.4, 0.5) is 11.4 Å². The lowest BCUT2D eigenvalue weighted by molar-refractivity contribution is -0.384. The fourth-order valence-electron chi connectivity index (χ4n) is 5.75. The van der Waals surface area contributed by atoms with E-state index in [1.54, 1.807) is 12.1 Å². The molecule has 2 heterocycles. The molecule has 6 heteroatoms. The van der Waals surface area contributed by atoms with Crippen LogP contribution in [-0.2, 0) is 0 Å². The number of anilines is 1. The van der Waals surface area contributed by atoms with Crippen molar-refractivity contribution in [3.05, 3.63) is 106 Å². The second-order valence-electron chi connectivity index (χ2n) is 10.3. The van der Waals surface area contributed by atoms with Crippen LogP contribution < -0.4 is 5.32 Å². The summed E-state index contributed by atoms with van der Waals surface area (Å²) < 4.78 is 1.99. The Morgan fingerprint density at radius 2 is 1.86 bits per heavy atom. The van der Waals surface area contributed by atoms with E-state index in [0.717, 1.165) is 29.1 Å². The molecule has 1 unspecified atom stereocenters. The zero-order valence-electron chi connectivity index (χ0n) is 19.7. The smallest absolute Gasteiger partial charge is 0.271 e. The Labute approximate surface area is 203 Å². The maximum absolute atomic E-state index is 11.4. The van der Waals surface area contributed by atoms with E-state index in [-0.39, 0.29) is 22.1 Å². The minimum Gasteiger partial charge on any atom is -0.372 e. The molecule has 6 nitrogen and oxygen atoms in total. The minimum atomic E-state index is -0.369. The van der Waals surface area contributed by atoms with Crippen molar-refractivity contribution in [2.75, 3.05) is 5.32 Å². The Morgan fingerprint density at radius 1 is 1.03 bits per heavy atom. The van der Waals surface area contributed by atoms with Gasteiger partial charge in [-0.15, -0.1) is 0 Å². The summed E-state index contributed by atoms with van der Waals surface area (Å²) in [6.07, 6.45) is 3.53. The number of nitro groups is 1. The van der Waals surface area contributed by atoms with Gasteiger partial charge < -0.3 is 15.3 Å². The summed E-state index contributed by atoms with van der Waals surface area (Å²) in [7, 11) is 0. The van der Waals surface area contributed by atoms with E-state index in [2.05, 4.69) is 55.6 Å². The molecule has 0 spiro atoms. The van der Waals surface area contributed by atoms with Crippen LogP contribution in [0.3, 0.4) is 0 Å². The van der Waals surface area contributed by atoms with Gasteiger partial charge in [0.15, 0.2) is 0 Å². The molecule has 0 fully saturated rings. The first-order valence-electron chi connectivity index (χ1n) is 11.8. The first-order chi connectivity index (χ1) is 16.8. The van der Waals surface area contributed by atoms with Crippen LogP contribution in [0.2, 0.25) is 0 Å². The van der Waals surface area contributed by atoms with E-state index in [9.17, 15) is 10.1 Å². The molecule has 4 aromatic rings. The lowest BCUT2D eigenvalue weighted by Gasteiger charge is -2.41. The van der Waals surface area contributed by atoms with Crippen LogP contribution in [0.1, 0.15) is 44.0 Å². The van der Waals surface area contributed by atoms with E-state index in [0.29, 0.717) is 12.1 Å². The van der Waals surface area contributed by atoms with Crippen LogP contribution in [0.5, 0.6) is 0 Å². The molecular formula is C29H26N4O2. The molecule has 2 N–H and O–H groups in total. The Morgan fingerprint density at radius 3 is 2.69 bits per heavy atom. The van der Waals surface area contributed by atoms with Crippen molar-refractivity contribution in [2.24, 2.45) is 5.41 Å². The van der Waals surface area contributed by atoms with Crippen LogP contribution in [0.25, 0.3) is 22.0 Å². The molecule has 1 aromatic heterocycles. The van der Waals surface area contributed by atoms with Crippen molar-refractivity contribution < 1.29 is 4.92 Å². The second-order valence-corrected chi connectivity index (χ2v) is 10.3. The molecule has 3 aromatic carbocycles. The number of non-ortho nitro benzene ring substituents is 1. The first kappa shape index (κ1) is 21.4. The SMILES string of the molecule is CC1(C)CC(=N)C2=C(C1)c1c(ccc3ccccc13)NC2c1cccn1-c1cccc([N+](=O)[O-])c1. The van der Waals surface area contributed by atoms with Gasteiger partial charge in [0.2, 0.25) is 0 Å². The molecule has 1 aliphatic carbocycles. The molecule has 174 valence electrons. The largest absolute Gasteiger partial charge is 0.372 e. The molecule has 35 heavy (non-hydrogen) atoms. The van der Waals surface area contributed by atoms with Crippen molar-refractivity contribution in [2.45, 2.75) is 32.7 Å². The summed E-state index contributed by atoms with van der Waals surface area (Å²) >= 11 is 0. The first-order valence-corrected chi connectivity index (χ1v) is 11.8. The summed E-state index contributed by atoms with van der Waals surface area (Å²) in [6.45, 7) is 4.47. The highest BCUT2D eigenvalue weighted by molar-refractivity contribution is 6.13. The lowest BCUT2D eigenvalue weighted by atomic mass is 9.68. The third-order valence-corrected chi connectivity index (χ3v) is 7.18. The zero-order valence-corrected chi connectivity index (χ0v) is 19.7. The van der Waals surface area contributed by atoms with E-state index < -0.39 is 0 Å². The van der Waals surface area contributed by atoms with Crippen LogP contribution in [0.15, 0.2) is 84.6 Å². The third kappa shape index (κ3) is 3.44. The number of allylic oxidation sites excluding steroid dienone is 1. The fourth-order valence-corrected chi connectivity index (χ4v) is 5.75. The Hall–Kier alpha value is -4.19. The molecule has 0 saturated carbocycles. The number of hydrogen-bond acceptors (Lipinski definition) is 4. The second kappa shape index (κ2) is 7.67. The van der Waals surface area contributed by atoms with Crippen molar-refractivity contribution in [1.29, 1.82) is 5.41 Å². The minimum absolute atomic E-state index is 0.00589. The van der Waals surface area contributed by atoms with E-state index >= 15 is 0 Å². The number of rotatable bonds is 3. The maximum atomic E-state index is 11.4. The van der Waals surface area contributed by atoms with Gasteiger partial charge in [-0.3, -0.25) is 10.1 Å². The van der Waals surface area contributed by atoms with E-state index in [1.165, 1.54) is 28.0 Å². The van der Waals surface area contributed by atoms with E-state index in [4.69, 9.17) is 5.41 Å². The number of aromatic nitrogens is 1. The van der Waals surface area contributed by atoms with Gasteiger partial charge in [0.25, 0.3) is 5.69 Å². The summed E-state index contributed by atoms with van der Waals surface area (Å²) in [6, 6.07) is 23.2. The van der Waals surface area contributed by atoms with Gasteiger partial charge >= 0.3 is 0 Å². The Kier molecular flexibility index (Phi) is 4.68. The fraction of sp³-hybridized carbons (Fsp3) is 0.207. The molecule has 6 rings (SSSR count). The normalized spacial score (nSPS) is 18.7. The van der Waals surface area contributed by atoms with Crippen molar-refractivity contribution >= 4 is 33.4 Å². The molecule has 0 bridgehead atoms. The average Bonchev–Trinajstić information content (AvgIpc) is 3.32. The molecule has 1 atom stereocenters. The number of benzene rings is 3. The van der Waals surface area contributed by atoms with Gasteiger partial charge in [-0.05, 0) is 58.9 Å². The quantitative estimate of drug-likeness (QED) is 0.247. The molecule has 2 aliphatic rings. The maximum Gasteiger partial charge on any atom is 0.271 e. The summed E-state index contributed by atoms with van der Waals surface area (Å²) in [5.41, 5.74) is 6.91. The lowest BCUT2D eigenvalue weighted by Crippen LogP contribution is -2.33. The summed E-state index contributed by atoms with van der Waals surface area (Å²) in [5, 5.41) is 26.6. The monoisotopic (exact) mass is 462 g/mol. The summed E-state index contributed by atoms with van der Waals surface area (Å²) in [4.78, 5) is 11.0. The standard InChI is InChI=1S/C29H26N4O2/c1-29(2)16-22-26-21-10-4-3-7-18(21)12-13-24(26)31-28(27(22)23(30)17-29)25-11-6-14-32(25)19-8-5-9-20(15-19)33(34)35/h3-15,28,30-31H,16-17H2,1-2H3. The number of hydrogen-bond donors (Lipinski definition) is 2. The molecule has 0 radical (unpaired) electrons. The molecule has 0 amide bonds. The van der Waals surface area contributed by atoms with Crippen LogP contribution in [0, 0.1) is 20.9 Å². The van der Waals surface area contributed by atoms with Crippen LogP contribution in [-0.4, -0.2) is 15.2 Å². The Bertz CT molecular complexity index is 1560. The Balaban J connectivity index is 1.57.